The molecule has 4 heteroatoms. The minimum absolute atomic E-state index is 0.315. The number of hydrogen-bond acceptors (Lipinski definition) is 2. The third-order valence-corrected chi connectivity index (χ3v) is 3.14. The molecule has 96 valence electrons. The van der Waals surface area contributed by atoms with E-state index in [0.29, 0.717) is 24.0 Å². The second-order valence-electron chi connectivity index (χ2n) is 4.49. The van der Waals surface area contributed by atoms with Gasteiger partial charge in [0.25, 0.3) is 0 Å². The molecule has 1 N–H and O–H groups in total. The Kier molecular flexibility index (Phi) is 3.77. The van der Waals surface area contributed by atoms with E-state index in [-0.39, 0.29) is 5.82 Å². The van der Waals surface area contributed by atoms with Gasteiger partial charge in [-0.1, -0.05) is 18.2 Å². The van der Waals surface area contributed by atoms with Crippen LogP contribution in [0.3, 0.4) is 0 Å². The number of aromatic nitrogens is 2. The molecule has 0 saturated carbocycles. The van der Waals surface area contributed by atoms with E-state index in [9.17, 15) is 9.50 Å². The lowest BCUT2D eigenvalue weighted by Crippen LogP contribution is -2.06. The van der Waals surface area contributed by atoms with Crippen LogP contribution >= 0.6 is 0 Å². The van der Waals surface area contributed by atoms with E-state index in [2.05, 4.69) is 4.98 Å². The quantitative estimate of drug-likeness (QED) is 0.903. The van der Waals surface area contributed by atoms with E-state index in [1.807, 2.05) is 17.8 Å². The molecular weight excluding hydrogens is 231 g/mol. The van der Waals surface area contributed by atoms with Crippen molar-refractivity contribution < 1.29 is 9.50 Å². The molecule has 0 fully saturated rings. The van der Waals surface area contributed by atoms with Gasteiger partial charge in [0.15, 0.2) is 0 Å². The Labute approximate surface area is 106 Å². The van der Waals surface area contributed by atoms with Crippen molar-refractivity contribution in [2.45, 2.75) is 25.9 Å². The molecule has 0 aliphatic rings. The second kappa shape index (κ2) is 5.31. The minimum atomic E-state index is -0.790. The van der Waals surface area contributed by atoms with Gasteiger partial charge in [-0.2, -0.15) is 0 Å². The second-order valence-corrected chi connectivity index (χ2v) is 4.49. The van der Waals surface area contributed by atoms with Crippen molar-refractivity contribution >= 4 is 0 Å². The van der Waals surface area contributed by atoms with Crippen LogP contribution in [0.4, 0.5) is 4.39 Å². The summed E-state index contributed by atoms with van der Waals surface area (Å²) in [6, 6.07) is 5.09. The first-order valence-electron chi connectivity index (χ1n) is 5.99. The molecule has 1 unspecified atom stereocenters. The third-order valence-electron chi connectivity index (χ3n) is 3.14. The van der Waals surface area contributed by atoms with E-state index in [1.54, 1.807) is 31.3 Å². The average Bonchev–Trinajstić information content (AvgIpc) is 2.75. The molecular formula is C14H17FN2O. The smallest absolute Gasteiger partial charge is 0.131 e. The Morgan fingerprint density at radius 1 is 1.44 bits per heavy atom. The molecule has 0 amide bonds. The van der Waals surface area contributed by atoms with Gasteiger partial charge >= 0.3 is 0 Å². The van der Waals surface area contributed by atoms with Crippen LogP contribution in [-0.2, 0) is 13.5 Å². The van der Waals surface area contributed by atoms with Gasteiger partial charge in [0.05, 0.1) is 6.10 Å². The molecule has 0 aliphatic carbocycles. The standard InChI is InChI=1S/C14H17FN2O/c1-10-4-3-5-11(14(10)15)12(18)6-7-13-16-8-9-17(13)2/h3-5,8-9,12,18H,6-7H2,1-2H3. The zero-order valence-corrected chi connectivity index (χ0v) is 10.6. The topological polar surface area (TPSA) is 38.1 Å². The Morgan fingerprint density at radius 3 is 2.89 bits per heavy atom. The molecule has 0 bridgehead atoms. The molecule has 2 aromatic rings. The van der Waals surface area contributed by atoms with Gasteiger partial charge in [-0.15, -0.1) is 0 Å². The number of aliphatic hydroxyl groups is 1. The Morgan fingerprint density at radius 2 is 2.22 bits per heavy atom. The summed E-state index contributed by atoms with van der Waals surface area (Å²) >= 11 is 0. The third kappa shape index (κ3) is 2.59. The van der Waals surface area contributed by atoms with Crippen molar-refractivity contribution in [1.29, 1.82) is 0 Å². The number of nitrogens with zero attached hydrogens (tertiary/aromatic N) is 2. The molecule has 0 spiro atoms. The monoisotopic (exact) mass is 248 g/mol. The van der Waals surface area contributed by atoms with Crippen LogP contribution in [-0.4, -0.2) is 14.7 Å². The van der Waals surface area contributed by atoms with Crippen molar-refractivity contribution in [1.82, 2.24) is 9.55 Å². The molecule has 1 heterocycles. The van der Waals surface area contributed by atoms with Crippen molar-refractivity contribution in [3.05, 3.63) is 53.4 Å². The summed E-state index contributed by atoms with van der Waals surface area (Å²) in [6.45, 7) is 1.70. The van der Waals surface area contributed by atoms with Gasteiger partial charge < -0.3 is 9.67 Å². The lowest BCUT2D eigenvalue weighted by Gasteiger charge is -2.13. The summed E-state index contributed by atoms with van der Waals surface area (Å²) in [7, 11) is 1.90. The fraction of sp³-hybridized carbons (Fsp3) is 0.357. The fourth-order valence-corrected chi connectivity index (χ4v) is 1.99. The Balaban J connectivity index is 2.06. The summed E-state index contributed by atoms with van der Waals surface area (Å²) in [5, 5.41) is 10.0. The summed E-state index contributed by atoms with van der Waals surface area (Å²) in [5.41, 5.74) is 0.924. The number of aryl methyl sites for hydroxylation is 3. The van der Waals surface area contributed by atoms with E-state index in [0.717, 1.165) is 5.82 Å². The SMILES string of the molecule is Cc1cccc(C(O)CCc2nccn2C)c1F. The first kappa shape index (κ1) is 12.8. The average molecular weight is 248 g/mol. The Hall–Kier alpha value is -1.68. The normalized spacial score (nSPS) is 12.7. The predicted molar refractivity (Wildman–Crippen MR) is 67.6 cm³/mol. The van der Waals surface area contributed by atoms with E-state index in [1.165, 1.54) is 0 Å². The maximum absolute atomic E-state index is 13.8. The van der Waals surface area contributed by atoms with Gasteiger partial charge in [0, 0.05) is 31.4 Å². The van der Waals surface area contributed by atoms with Crippen LogP contribution in [0.1, 0.15) is 29.5 Å². The number of rotatable bonds is 4. The lowest BCUT2D eigenvalue weighted by molar-refractivity contribution is 0.162. The Bertz CT molecular complexity index is 536. The van der Waals surface area contributed by atoms with Crippen molar-refractivity contribution in [2.75, 3.05) is 0 Å². The number of aliphatic hydroxyl groups excluding tert-OH is 1. The molecule has 1 aromatic carbocycles. The zero-order chi connectivity index (χ0) is 13.1. The maximum Gasteiger partial charge on any atom is 0.131 e. The lowest BCUT2D eigenvalue weighted by atomic mass is 10.0. The summed E-state index contributed by atoms with van der Waals surface area (Å²) in [4.78, 5) is 4.18. The van der Waals surface area contributed by atoms with Gasteiger partial charge in [-0.25, -0.2) is 9.37 Å². The maximum atomic E-state index is 13.8. The highest BCUT2D eigenvalue weighted by atomic mass is 19.1. The molecule has 0 saturated heterocycles. The molecule has 18 heavy (non-hydrogen) atoms. The number of benzene rings is 1. The van der Waals surface area contributed by atoms with Gasteiger partial charge in [-0.3, -0.25) is 0 Å². The largest absolute Gasteiger partial charge is 0.388 e. The summed E-state index contributed by atoms with van der Waals surface area (Å²) in [6.07, 6.45) is 3.87. The first-order valence-corrected chi connectivity index (χ1v) is 5.99. The molecule has 0 radical (unpaired) electrons. The van der Waals surface area contributed by atoms with Crippen molar-refractivity contribution in [2.24, 2.45) is 7.05 Å². The van der Waals surface area contributed by atoms with Crippen LogP contribution in [0.25, 0.3) is 0 Å². The van der Waals surface area contributed by atoms with Crippen LogP contribution in [0, 0.1) is 12.7 Å². The molecule has 1 atom stereocenters. The summed E-state index contributed by atoms with van der Waals surface area (Å²) < 4.78 is 15.7. The zero-order valence-electron chi connectivity index (χ0n) is 10.6. The van der Waals surface area contributed by atoms with Crippen LogP contribution in [0.5, 0.6) is 0 Å². The number of hydrogen-bond donors (Lipinski definition) is 1. The molecule has 3 nitrogen and oxygen atoms in total. The molecule has 0 aliphatic heterocycles. The van der Waals surface area contributed by atoms with Crippen LogP contribution in [0.2, 0.25) is 0 Å². The van der Waals surface area contributed by atoms with Crippen molar-refractivity contribution in [3.8, 4) is 0 Å². The highest BCUT2D eigenvalue weighted by Gasteiger charge is 2.14. The first-order chi connectivity index (χ1) is 8.59. The summed E-state index contributed by atoms with van der Waals surface area (Å²) in [5.74, 6) is 0.576. The molecule has 2 rings (SSSR count). The fourth-order valence-electron chi connectivity index (χ4n) is 1.99. The molecule has 1 aromatic heterocycles. The van der Waals surface area contributed by atoms with Crippen LogP contribution < -0.4 is 0 Å². The van der Waals surface area contributed by atoms with Gasteiger partial charge in [0.1, 0.15) is 11.6 Å². The van der Waals surface area contributed by atoms with Gasteiger partial charge in [-0.05, 0) is 18.9 Å². The van der Waals surface area contributed by atoms with Gasteiger partial charge in [0.2, 0.25) is 0 Å². The minimum Gasteiger partial charge on any atom is -0.388 e. The number of imidazole rings is 1. The van der Waals surface area contributed by atoms with Crippen LogP contribution in [0.15, 0.2) is 30.6 Å². The van der Waals surface area contributed by atoms with E-state index in [4.69, 9.17) is 0 Å². The van der Waals surface area contributed by atoms with Crippen molar-refractivity contribution in [3.63, 3.8) is 0 Å². The number of halogens is 1. The highest BCUT2D eigenvalue weighted by molar-refractivity contribution is 5.26. The van der Waals surface area contributed by atoms with E-state index >= 15 is 0 Å². The highest BCUT2D eigenvalue weighted by Crippen LogP contribution is 2.23. The predicted octanol–water partition coefficient (Wildman–Crippen LogP) is 2.53. The van der Waals surface area contributed by atoms with E-state index < -0.39 is 6.10 Å².